The van der Waals surface area contributed by atoms with Gasteiger partial charge in [0.2, 0.25) is 0 Å². The summed E-state index contributed by atoms with van der Waals surface area (Å²) in [5, 5.41) is 15.0. The summed E-state index contributed by atoms with van der Waals surface area (Å²) < 4.78 is 5.48. The van der Waals surface area contributed by atoms with Crippen molar-refractivity contribution in [2.75, 3.05) is 0 Å². The Morgan fingerprint density at radius 1 is 1.22 bits per heavy atom. The number of carbonyl (C=O) groups is 1. The zero-order valence-corrected chi connectivity index (χ0v) is 15.3. The monoisotopic (exact) mass is 367 g/mol. The number of hydrogen-bond acceptors (Lipinski definition) is 5. The molecule has 0 saturated heterocycles. The summed E-state index contributed by atoms with van der Waals surface area (Å²) in [6.45, 7) is 3.40. The number of hydrogen-bond donors (Lipinski definition) is 1. The van der Waals surface area contributed by atoms with Crippen LogP contribution in [0.25, 0.3) is 0 Å². The molecule has 140 valence electrons. The van der Waals surface area contributed by atoms with Crippen LogP contribution in [0.3, 0.4) is 0 Å². The Balaban J connectivity index is 1.61. The number of aryl methyl sites for hydroxylation is 2. The fourth-order valence-corrected chi connectivity index (χ4v) is 3.02. The number of hydrazone groups is 1. The Labute approximate surface area is 157 Å². The van der Waals surface area contributed by atoms with Gasteiger partial charge in [-0.2, -0.15) is 5.10 Å². The van der Waals surface area contributed by atoms with Gasteiger partial charge in [0.1, 0.15) is 5.75 Å². The first-order valence-electron chi connectivity index (χ1n) is 8.81. The largest absolute Gasteiger partial charge is 0.481 e. The summed E-state index contributed by atoms with van der Waals surface area (Å²) in [5.74, 6) is -0.173. The van der Waals surface area contributed by atoms with Crippen molar-refractivity contribution >= 4 is 17.3 Å². The number of non-ortho nitro benzene ring substituents is 1. The van der Waals surface area contributed by atoms with Crippen LogP contribution < -0.4 is 10.2 Å². The topological polar surface area (TPSA) is 93.8 Å². The molecule has 1 atom stereocenters. The van der Waals surface area contributed by atoms with E-state index in [9.17, 15) is 14.9 Å². The summed E-state index contributed by atoms with van der Waals surface area (Å²) in [7, 11) is 0. The highest BCUT2D eigenvalue weighted by Gasteiger charge is 2.16. The Hall–Kier alpha value is -3.22. The number of ether oxygens (including phenoxy) is 1. The maximum absolute atomic E-state index is 12.2. The van der Waals surface area contributed by atoms with Crippen molar-refractivity contribution in [2.45, 2.75) is 39.2 Å². The van der Waals surface area contributed by atoms with Crippen molar-refractivity contribution in [3.8, 4) is 5.75 Å². The normalized spacial score (nSPS) is 14.4. The number of rotatable bonds is 6. The van der Waals surface area contributed by atoms with E-state index in [4.69, 9.17) is 4.74 Å². The van der Waals surface area contributed by atoms with E-state index in [1.165, 1.54) is 35.7 Å². The van der Waals surface area contributed by atoms with Crippen LogP contribution in [0.2, 0.25) is 0 Å². The second-order valence-electron chi connectivity index (χ2n) is 6.52. The van der Waals surface area contributed by atoms with Crippen LogP contribution in [0, 0.1) is 10.1 Å². The number of amides is 1. The molecule has 0 aliphatic heterocycles. The predicted molar refractivity (Wildman–Crippen MR) is 102 cm³/mol. The average Bonchev–Trinajstić information content (AvgIpc) is 3.13. The molecule has 27 heavy (non-hydrogen) atoms. The van der Waals surface area contributed by atoms with Gasteiger partial charge in [-0.3, -0.25) is 14.9 Å². The molecule has 0 aromatic heterocycles. The van der Waals surface area contributed by atoms with E-state index in [0.29, 0.717) is 5.71 Å². The molecule has 2 aromatic rings. The van der Waals surface area contributed by atoms with Crippen LogP contribution in [0.1, 0.15) is 37.0 Å². The first-order valence-corrected chi connectivity index (χ1v) is 8.81. The van der Waals surface area contributed by atoms with Gasteiger partial charge in [0.05, 0.1) is 16.7 Å². The molecule has 1 aliphatic rings. The van der Waals surface area contributed by atoms with E-state index in [2.05, 4.69) is 22.7 Å². The molecule has 7 nitrogen and oxygen atoms in total. The number of nitrogens with zero attached hydrogens (tertiary/aromatic N) is 2. The van der Waals surface area contributed by atoms with Crippen molar-refractivity contribution in [3.63, 3.8) is 0 Å². The third-order valence-electron chi connectivity index (χ3n) is 4.56. The van der Waals surface area contributed by atoms with E-state index < -0.39 is 16.9 Å². The highest BCUT2D eigenvalue weighted by molar-refractivity contribution is 5.99. The number of nitro benzene ring substituents is 1. The van der Waals surface area contributed by atoms with Crippen molar-refractivity contribution in [1.29, 1.82) is 0 Å². The summed E-state index contributed by atoms with van der Waals surface area (Å²) in [5.41, 5.74) is 6.82. The summed E-state index contributed by atoms with van der Waals surface area (Å²) >= 11 is 0. The van der Waals surface area contributed by atoms with Gasteiger partial charge in [-0.15, -0.1) is 0 Å². The van der Waals surface area contributed by atoms with Crippen LogP contribution in [0.15, 0.2) is 47.6 Å². The van der Waals surface area contributed by atoms with Gasteiger partial charge < -0.3 is 4.74 Å². The van der Waals surface area contributed by atoms with Gasteiger partial charge in [-0.1, -0.05) is 18.2 Å². The fourth-order valence-electron chi connectivity index (χ4n) is 3.02. The van der Waals surface area contributed by atoms with E-state index in [1.54, 1.807) is 13.0 Å². The fraction of sp³-hybridized carbons (Fsp3) is 0.300. The van der Waals surface area contributed by atoms with Crippen LogP contribution in [0.4, 0.5) is 5.69 Å². The molecule has 0 unspecified atom stereocenters. The quantitative estimate of drug-likeness (QED) is 0.481. The zero-order chi connectivity index (χ0) is 19.4. The van der Waals surface area contributed by atoms with Gasteiger partial charge in [-0.05, 0) is 61.9 Å². The number of carbonyl (C=O) groups excluding carboxylic acids is 1. The van der Waals surface area contributed by atoms with Gasteiger partial charge in [0.15, 0.2) is 6.10 Å². The first-order chi connectivity index (χ1) is 12.9. The van der Waals surface area contributed by atoms with Crippen molar-refractivity contribution < 1.29 is 14.5 Å². The predicted octanol–water partition coefficient (Wildman–Crippen LogP) is 3.39. The molecule has 1 N–H and O–H groups in total. The average molecular weight is 367 g/mol. The number of nitrogens with one attached hydrogen (secondary N) is 1. The lowest BCUT2D eigenvalue weighted by Crippen LogP contribution is -2.33. The molecule has 3 rings (SSSR count). The second kappa shape index (κ2) is 7.99. The zero-order valence-electron chi connectivity index (χ0n) is 15.3. The molecular formula is C20H21N3O4. The van der Waals surface area contributed by atoms with Crippen LogP contribution in [-0.2, 0) is 17.6 Å². The minimum absolute atomic E-state index is 0.0921. The molecular weight excluding hydrogens is 346 g/mol. The van der Waals surface area contributed by atoms with Crippen molar-refractivity contribution in [3.05, 3.63) is 69.3 Å². The maximum atomic E-state index is 12.2. The van der Waals surface area contributed by atoms with E-state index in [-0.39, 0.29) is 11.4 Å². The summed E-state index contributed by atoms with van der Waals surface area (Å²) in [4.78, 5) is 22.5. The Morgan fingerprint density at radius 3 is 2.78 bits per heavy atom. The van der Waals surface area contributed by atoms with E-state index in [0.717, 1.165) is 18.4 Å². The van der Waals surface area contributed by atoms with Crippen molar-refractivity contribution in [1.82, 2.24) is 5.43 Å². The number of fused-ring (bicyclic) bond motifs is 1. The van der Waals surface area contributed by atoms with Crippen molar-refractivity contribution in [2.24, 2.45) is 5.10 Å². The van der Waals surface area contributed by atoms with Gasteiger partial charge in [0.25, 0.3) is 11.6 Å². The molecule has 7 heteroatoms. The smallest absolute Gasteiger partial charge is 0.280 e. The number of nitro groups is 1. The third-order valence-corrected chi connectivity index (χ3v) is 4.56. The molecule has 0 bridgehead atoms. The van der Waals surface area contributed by atoms with Crippen LogP contribution >= 0.6 is 0 Å². The lowest BCUT2D eigenvalue weighted by molar-refractivity contribution is -0.384. The lowest BCUT2D eigenvalue weighted by atomic mass is 10.0. The standard InChI is InChI=1S/C20H21N3O4/c1-13(16-10-9-15-5-3-6-17(15)11-16)21-22-20(24)14(2)27-19-8-4-7-18(12-19)23(25)26/h4,7-12,14H,3,5-6H2,1-2H3,(H,22,24)/b21-13+/t14-/m1/s1. The van der Waals surface area contributed by atoms with E-state index >= 15 is 0 Å². The molecule has 0 fully saturated rings. The SMILES string of the molecule is C/C(=N\NC(=O)[C@@H](C)Oc1cccc([N+](=O)[O-])c1)c1ccc2c(c1)CCC2. The minimum Gasteiger partial charge on any atom is -0.481 e. The maximum Gasteiger partial charge on any atom is 0.280 e. The molecule has 0 radical (unpaired) electrons. The van der Waals surface area contributed by atoms with Gasteiger partial charge in [-0.25, -0.2) is 5.43 Å². The summed E-state index contributed by atoms with van der Waals surface area (Å²) in [6, 6.07) is 12.0. The van der Waals surface area contributed by atoms with Crippen LogP contribution in [-0.4, -0.2) is 22.6 Å². The van der Waals surface area contributed by atoms with E-state index in [1.807, 2.05) is 13.0 Å². The Kier molecular flexibility index (Phi) is 5.49. The number of benzene rings is 2. The third kappa shape index (κ3) is 4.49. The molecule has 1 aliphatic carbocycles. The van der Waals surface area contributed by atoms with Gasteiger partial charge >= 0.3 is 0 Å². The first kappa shape index (κ1) is 18.6. The Morgan fingerprint density at radius 2 is 2.00 bits per heavy atom. The lowest BCUT2D eigenvalue weighted by Gasteiger charge is -2.13. The molecule has 1 amide bonds. The molecule has 0 saturated carbocycles. The highest BCUT2D eigenvalue weighted by Crippen LogP contribution is 2.23. The molecule has 0 spiro atoms. The minimum atomic E-state index is -0.844. The second-order valence-corrected chi connectivity index (χ2v) is 6.52. The molecule has 2 aromatic carbocycles. The van der Waals surface area contributed by atoms with Gasteiger partial charge in [0, 0.05) is 6.07 Å². The Bertz CT molecular complexity index is 908. The summed E-state index contributed by atoms with van der Waals surface area (Å²) in [6.07, 6.45) is 2.54. The molecule has 0 heterocycles. The highest BCUT2D eigenvalue weighted by atomic mass is 16.6. The van der Waals surface area contributed by atoms with Crippen LogP contribution in [0.5, 0.6) is 5.75 Å².